The molecule has 166 valence electrons. The summed E-state index contributed by atoms with van der Waals surface area (Å²) in [6.07, 6.45) is -1.71. The molecule has 1 aromatic carbocycles. The van der Waals surface area contributed by atoms with E-state index in [4.69, 9.17) is 4.84 Å². The summed E-state index contributed by atoms with van der Waals surface area (Å²) in [5, 5.41) is 4.34. The first-order valence-corrected chi connectivity index (χ1v) is 10.3. The maximum absolute atomic E-state index is 13.7. The van der Waals surface area contributed by atoms with Crippen molar-refractivity contribution in [3.63, 3.8) is 0 Å². The highest BCUT2D eigenvalue weighted by molar-refractivity contribution is 5.73. The van der Waals surface area contributed by atoms with E-state index < -0.39 is 11.7 Å². The maximum atomic E-state index is 13.7. The van der Waals surface area contributed by atoms with Crippen LogP contribution < -0.4 is 10.4 Å². The van der Waals surface area contributed by atoms with Gasteiger partial charge >= 0.3 is 6.18 Å². The Morgan fingerprint density at radius 3 is 2.71 bits per heavy atom. The molecule has 0 radical (unpaired) electrons. The molecule has 2 atom stereocenters. The highest BCUT2D eigenvalue weighted by Gasteiger charge is 2.40. The zero-order valence-corrected chi connectivity index (χ0v) is 17.1. The molecule has 1 amide bonds. The number of carbonyl (C=O) groups is 1. The van der Waals surface area contributed by atoms with E-state index in [0.29, 0.717) is 26.1 Å². The van der Waals surface area contributed by atoms with E-state index in [1.54, 1.807) is 4.90 Å². The number of aromatic nitrogens is 2. The van der Waals surface area contributed by atoms with Crippen molar-refractivity contribution in [2.24, 2.45) is 0 Å². The van der Waals surface area contributed by atoms with Crippen molar-refractivity contribution >= 4 is 17.7 Å². The quantitative estimate of drug-likeness (QED) is 0.788. The van der Waals surface area contributed by atoms with E-state index >= 15 is 0 Å². The first kappa shape index (κ1) is 21.4. The molecule has 0 spiro atoms. The molecule has 0 saturated carbocycles. The lowest BCUT2D eigenvalue weighted by Crippen LogP contribution is -2.44. The van der Waals surface area contributed by atoms with Gasteiger partial charge in [-0.3, -0.25) is 9.63 Å². The summed E-state index contributed by atoms with van der Waals surface area (Å²) in [5.74, 6) is -0.256. The molecular formula is C21H24F3N5O2. The number of anilines is 2. The monoisotopic (exact) mass is 435 g/mol. The number of alkyl halides is 3. The molecule has 1 N–H and O–H groups in total. The molecule has 2 aliphatic rings. The Morgan fingerprint density at radius 1 is 1.23 bits per heavy atom. The number of halogens is 3. The second-order valence-electron chi connectivity index (χ2n) is 7.75. The average Bonchev–Trinajstić information content (AvgIpc) is 3.23. The van der Waals surface area contributed by atoms with Crippen LogP contribution in [0.5, 0.6) is 0 Å². The fraction of sp³-hybridized carbons (Fsp3) is 0.476. The van der Waals surface area contributed by atoms with Crippen LogP contribution in [0.15, 0.2) is 36.5 Å². The van der Waals surface area contributed by atoms with E-state index in [9.17, 15) is 18.0 Å². The van der Waals surface area contributed by atoms with E-state index in [2.05, 4.69) is 15.3 Å². The number of rotatable bonds is 4. The van der Waals surface area contributed by atoms with Crippen molar-refractivity contribution in [2.45, 2.75) is 44.4 Å². The first-order valence-electron chi connectivity index (χ1n) is 10.3. The van der Waals surface area contributed by atoms with E-state index in [1.165, 1.54) is 12.0 Å². The van der Waals surface area contributed by atoms with Gasteiger partial charge in [-0.2, -0.15) is 18.2 Å². The van der Waals surface area contributed by atoms with Gasteiger partial charge in [0.05, 0.1) is 12.6 Å². The molecule has 3 heterocycles. The van der Waals surface area contributed by atoms with E-state index in [0.717, 1.165) is 24.6 Å². The van der Waals surface area contributed by atoms with Crippen LogP contribution in [0.3, 0.4) is 0 Å². The standard InChI is InChI=1S/C21H24F3N5O2/c1-14(30)28-10-5-8-16(13-28)26-20-25-12-17(21(22,23)24)19(27-20)29-18(9-11-31-29)15-6-3-2-4-7-15/h2-4,6-7,12,16,18H,5,8-11,13H2,1H3,(H,25,26,27)/t16-,18-/m0/s1. The fourth-order valence-corrected chi connectivity index (χ4v) is 4.03. The number of hydrogen-bond donors (Lipinski definition) is 1. The van der Waals surface area contributed by atoms with Crippen molar-refractivity contribution in [3.8, 4) is 0 Å². The van der Waals surface area contributed by atoms with Crippen LogP contribution in [-0.4, -0.2) is 46.5 Å². The minimum atomic E-state index is -4.63. The Labute approximate surface area is 178 Å². The number of benzene rings is 1. The highest BCUT2D eigenvalue weighted by atomic mass is 19.4. The van der Waals surface area contributed by atoms with Crippen LogP contribution in [0.1, 0.15) is 43.4 Å². The van der Waals surface area contributed by atoms with Crippen LogP contribution in [0.4, 0.5) is 24.9 Å². The topological polar surface area (TPSA) is 70.6 Å². The SMILES string of the molecule is CC(=O)N1CCC[C@H](Nc2ncc(C(F)(F)F)c(N3OCC[C@H]3c3ccccc3)n2)C1. The summed E-state index contributed by atoms with van der Waals surface area (Å²) in [6.45, 7) is 2.93. The van der Waals surface area contributed by atoms with Gasteiger partial charge in [0.15, 0.2) is 5.82 Å². The predicted molar refractivity (Wildman–Crippen MR) is 108 cm³/mol. The Hall–Kier alpha value is -2.88. The van der Waals surface area contributed by atoms with Crippen molar-refractivity contribution in [2.75, 3.05) is 30.1 Å². The predicted octanol–water partition coefficient (Wildman–Crippen LogP) is 3.80. The summed E-state index contributed by atoms with van der Waals surface area (Å²) >= 11 is 0. The summed E-state index contributed by atoms with van der Waals surface area (Å²) in [6, 6.07) is 8.74. The van der Waals surface area contributed by atoms with Crippen molar-refractivity contribution in [3.05, 3.63) is 47.7 Å². The third-order valence-electron chi connectivity index (χ3n) is 5.57. The Kier molecular flexibility index (Phi) is 5.99. The van der Waals surface area contributed by atoms with Gasteiger partial charge in [0.1, 0.15) is 5.56 Å². The third-order valence-corrected chi connectivity index (χ3v) is 5.57. The van der Waals surface area contributed by atoms with Gasteiger partial charge in [0.2, 0.25) is 11.9 Å². The molecule has 0 aliphatic carbocycles. The molecule has 2 saturated heterocycles. The highest BCUT2D eigenvalue weighted by Crippen LogP contribution is 2.41. The van der Waals surface area contributed by atoms with Crippen molar-refractivity contribution < 1.29 is 22.8 Å². The normalized spacial score (nSPS) is 21.9. The Bertz CT molecular complexity index is 925. The fourth-order valence-electron chi connectivity index (χ4n) is 4.03. The van der Waals surface area contributed by atoms with E-state index in [-0.39, 0.29) is 29.8 Å². The molecule has 0 unspecified atom stereocenters. The maximum Gasteiger partial charge on any atom is 0.421 e. The zero-order valence-electron chi connectivity index (χ0n) is 17.1. The number of hydroxylamine groups is 1. The van der Waals surface area contributed by atoms with Gasteiger partial charge < -0.3 is 10.2 Å². The first-order chi connectivity index (χ1) is 14.8. The summed E-state index contributed by atoms with van der Waals surface area (Å²) in [7, 11) is 0. The lowest BCUT2D eigenvalue weighted by Gasteiger charge is -2.33. The largest absolute Gasteiger partial charge is 0.421 e. The molecule has 10 heteroatoms. The third kappa shape index (κ3) is 4.73. The molecule has 2 aliphatic heterocycles. The van der Waals surface area contributed by atoms with Crippen molar-refractivity contribution in [1.82, 2.24) is 14.9 Å². The molecular weight excluding hydrogens is 411 g/mol. The number of hydrogen-bond acceptors (Lipinski definition) is 6. The lowest BCUT2D eigenvalue weighted by molar-refractivity contribution is -0.138. The Balaban J connectivity index is 1.63. The number of carbonyl (C=O) groups excluding carboxylic acids is 1. The smallest absolute Gasteiger partial charge is 0.350 e. The zero-order chi connectivity index (χ0) is 22.0. The number of piperidine rings is 1. The lowest BCUT2D eigenvalue weighted by atomic mass is 10.0. The minimum absolute atomic E-state index is 0.0308. The second-order valence-corrected chi connectivity index (χ2v) is 7.75. The number of amides is 1. The number of nitrogens with one attached hydrogen (secondary N) is 1. The summed E-state index contributed by atoms with van der Waals surface area (Å²) in [4.78, 5) is 27.1. The molecule has 31 heavy (non-hydrogen) atoms. The van der Waals surface area contributed by atoms with Crippen LogP contribution >= 0.6 is 0 Å². The van der Waals surface area contributed by atoms with Gasteiger partial charge in [-0.25, -0.2) is 10.0 Å². The van der Waals surface area contributed by atoms with Crippen LogP contribution in [0, 0.1) is 0 Å². The number of likely N-dealkylation sites (tertiary alicyclic amines) is 1. The molecule has 0 bridgehead atoms. The van der Waals surface area contributed by atoms with Crippen molar-refractivity contribution in [1.29, 1.82) is 0 Å². The average molecular weight is 435 g/mol. The van der Waals surface area contributed by atoms with Gasteiger partial charge in [0.25, 0.3) is 0 Å². The molecule has 7 nitrogen and oxygen atoms in total. The molecule has 2 fully saturated rings. The van der Waals surface area contributed by atoms with Crippen LogP contribution in [0.25, 0.3) is 0 Å². The van der Waals surface area contributed by atoms with Gasteiger partial charge in [-0.15, -0.1) is 0 Å². The summed E-state index contributed by atoms with van der Waals surface area (Å²) < 4.78 is 41.2. The second kappa shape index (κ2) is 8.70. The molecule has 2 aromatic rings. The van der Waals surface area contributed by atoms with Gasteiger partial charge in [-0.1, -0.05) is 30.3 Å². The number of nitrogens with zero attached hydrogens (tertiary/aromatic N) is 4. The molecule has 4 rings (SSSR count). The van der Waals surface area contributed by atoms with Crippen LogP contribution in [-0.2, 0) is 15.8 Å². The molecule has 1 aromatic heterocycles. The summed E-state index contributed by atoms with van der Waals surface area (Å²) in [5.41, 5.74) is -0.0967. The van der Waals surface area contributed by atoms with E-state index in [1.807, 2.05) is 30.3 Å². The Morgan fingerprint density at radius 2 is 2.00 bits per heavy atom. The van der Waals surface area contributed by atoms with Gasteiger partial charge in [0, 0.05) is 38.7 Å². The van der Waals surface area contributed by atoms with Crippen LogP contribution in [0.2, 0.25) is 0 Å². The van der Waals surface area contributed by atoms with Gasteiger partial charge in [-0.05, 0) is 18.4 Å². The minimum Gasteiger partial charge on any atom is -0.350 e.